The molecule has 20 heavy (non-hydrogen) atoms. The molecule has 7 heteroatoms. The van der Waals surface area contributed by atoms with Crippen LogP contribution in [0.5, 0.6) is 0 Å². The second-order valence-corrected chi connectivity index (χ2v) is 4.96. The van der Waals surface area contributed by atoms with E-state index >= 15 is 0 Å². The third-order valence-electron chi connectivity index (χ3n) is 3.05. The quantitative estimate of drug-likeness (QED) is 0.761. The smallest absolute Gasteiger partial charge is 0.395 e. The molecule has 2 N–H and O–H groups in total. The maximum Gasteiger partial charge on any atom is 0.411 e. The number of alkyl halides is 3. The van der Waals surface area contributed by atoms with Gasteiger partial charge in [0.25, 0.3) is 0 Å². The number of hydrogen-bond donors (Lipinski definition) is 2. The zero-order chi connectivity index (χ0) is 15.2. The van der Waals surface area contributed by atoms with Gasteiger partial charge in [-0.3, -0.25) is 0 Å². The van der Waals surface area contributed by atoms with Gasteiger partial charge in [0.2, 0.25) is 0 Å². The average molecular weight is 313 g/mol. The third kappa shape index (κ3) is 4.94. The van der Waals surface area contributed by atoms with Gasteiger partial charge in [-0.05, 0) is 24.1 Å². The van der Waals surface area contributed by atoms with Gasteiger partial charge in [-0.25, -0.2) is 0 Å². The fraction of sp³-hybridized carbons (Fsp3) is 0.538. The highest BCUT2D eigenvalue weighted by Crippen LogP contribution is 2.29. The molecule has 0 aromatic heterocycles. The first-order chi connectivity index (χ1) is 9.33. The summed E-state index contributed by atoms with van der Waals surface area (Å²) in [6.45, 7) is -2.37. The second kappa shape index (κ2) is 7.26. The first-order valence-electron chi connectivity index (χ1n) is 5.95. The van der Waals surface area contributed by atoms with E-state index in [4.69, 9.17) is 11.6 Å². The molecule has 0 unspecified atom stereocenters. The predicted molar refractivity (Wildman–Crippen MR) is 68.8 cm³/mol. The summed E-state index contributed by atoms with van der Waals surface area (Å²) in [7, 11) is 0. The van der Waals surface area contributed by atoms with E-state index in [2.05, 4.69) is 4.74 Å². The van der Waals surface area contributed by atoms with Crippen molar-refractivity contribution < 1.29 is 28.1 Å². The van der Waals surface area contributed by atoms with Gasteiger partial charge < -0.3 is 14.9 Å². The lowest BCUT2D eigenvalue weighted by Gasteiger charge is -2.30. The van der Waals surface area contributed by atoms with Gasteiger partial charge in [0.1, 0.15) is 6.61 Å². The Bertz CT molecular complexity index is 402. The second-order valence-electron chi connectivity index (χ2n) is 4.52. The van der Waals surface area contributed by atoms with Crippen LogP contribution in [0.25, 0.3) is 0 Å². The van der Waals surface area contributed by atoms with Crippen LogP contribution in [0, 0.1) is 0 Å². The summed E-state index contributed by atoms with van der Waals surface area (Å²) < 4.78 is 40.4. The standard InChI is InChI=1S/C13H16ClF3O3/c14-11-3-1-10(2-4-11)12(7-18,8-19)5-6-20-9-13(15,16)17/h1-4,18-19H,5-9H2. The largest absolute Gasteiger partial charge is 0.411 e. The zero-order valence-corrected chi connectivity index (χ0v) is 11.4. The lowest BCUT2D eigenvalue weighted by Crippen LogP contribution is -2.36. The van der Waals surface area contributed by atoms with Gasteiger partial charge >= 0.3 is 6.18 Å². The van der Waals surface area contributed by atoms with E-state index in [-0.39, 0.29) is 13.0 Å². The summed E-state index contributed by atoms with van der Waals surface area (Å²) >= 11 is 5.75. The fourth-order valence-corrected chi connectivity index (χ4v) is 1.92. The van der Waals surface area contributed by atoms with Crippen LogP contribution >= 0.6 is 11.6 Å². The number of aliphatic hydroxyl groups excluding tert-OH is 2. The molecule has 0 spiro atoms. The molecule has 0 amide bonds. The molecule has 0 aliphatic carbocycles. The molecule has 1 rings (SSSR count). The molecule has 0 heterocycles. The lowest BCUT2D eigenvalue weighted by atomic mass is 9.79. The van der Waals surface area contributed by atoms with E-state index in [1.807, 2.05) is 0 Å². The third-order valence-corrected chi connectivity index (χ3v) is 3.30. The average Bonchev–Trinajstić information content (AvgIpc) is 2.40. The lowest BCUT2D eigenvalue weighted by molar-refractivity contribution is -0.175. The first kappa shape index (κ1) is 17.2. The van der Waals surface area contributed by atoms with E-state index in [9.17, 15) is 23.4 Å². The molecule has 1 aromatic carbocycles. The molecule has 0 aliphatic rings. The van der Waals surface area contributed by atoms with E-state index in [1.165, 1.54) is 0 Å². The summed E-state index contributed by atoms with van der Waals surface area (Å²) in [5, 5.41) is 19.5. The van der Waals surface area contributed by atoms with E-state index < -0.39 is 31.4 Å². The number of benzene rings is 1. The number of halogens is 4. The van der Waals surface area contributed by atoms with Crippen molar-refractivity contribution in [3.63, 3.8) is 0 Å². The molecule has 0 atom stereocenters. The van der Waals surface area contributed by atoms with Gasteiger partial charge in [0.15, 0.2) is 0 Å². The van der Waals surface area contributed by atoms with Crippen LogP contribution in [-0.4, -0.2) is 42.8 Å². The molecule has 0 radical (unpaired) electrons. The molecule has 0 saturated heterocycles. The van der Waals surface area contributed by atoms with Crippen molar-refractivity contribution in [3.05, 3.63) is 34.9 Å². The van der Waals surface area contributed by atoms with Crippen molar-refractivity contribution >= 4 is 11.6 Å². The normalized spacial score (nSPS) is 12.7. The van der Waals surface area contributed by atoms with Crippen molar-refractivity contribution in [1.29, 1.82) is 0 Å². The van der Waals surface area contributed by atoms with Crippen LogP contribution < -0.4 is 0 Å². The number of ether oxygens (including phenoxy) is 1. The van der Waals surface area contributed by atoms with Crippen LogP contribution in [0.2, 0.25) is 5.02 Å². The minimum Gasteiger partial charge on any atom is -0.395 e. The highest BCUT2D eigenvalue weighted by atomic mass is 35.5. The van der Waals surface area contributed by atoms with Crippen molar-refractivity contribution in [3.8, 4) is 0 Å². The number of hydrogen-bond acceptors (Lipinski definition) is 3. The maximum absolute atomic E-state index is 12.0. The molecule has 3 nitrogen and oxygen atoms in total. The molecule has 0 saturated carbocycles. The maximum atomic E-state index is 12.0. The van der Waals surface area contributed by atoms with Crippen molar-refractivity contribution in [1.82, 2.24) is 0 Å². The SMILES string of the molecule is OCC(CO)(CCOCC(F)(F)F)c1ccc(Cl)cc1. The highest BCUT2D eigenvalue weighted by molar-refractivity contribution is 6.30. The summed E-state index contributed by atoms with van der Waals surface area (Å²) in [5.41, 5.74) is -0.446. The topological polar surface area (TPSA) is 49.7 Å². The Labute approximate surface area is 119 Å². The van der Waals surface area contributed by atoms with E-state index in [0.29, 0.717) is 10.6 Å². The first-order valence-corrected chi connectivity index (χ1v) is 6.33. The minimum atomic E-state index is -4.39. The van der Waals surface area contributed by atoms with Gasteiger partial charge in [0.05, 0.1) is 13.2 Å². The molecule has 1 aromatic rings. The van der Waals surface area contributed by atoms with Crippen molar-refractivity contribution in [2.24, 2.45) is 0 Å². The Morgan fingerprint density at radius 3 is 2.05 bits per heavy atom. The molecular formula is C13H16ClF3O3. The summed E-state index contributed by atoms with van der Waals surface area (Å²) in [5.74, 6) is 0. The van der Waals surface area contributed by atoms with Gasteiger partial charge in [0, 0.05) is 17.0 Å². The predicted octanol–water partition coefficient (Wildman–Crippen LogP) is 2.53. The molecule has 114 valence electrons. The Morgan fingerprint density at radius 2 is 1.60 bits per heavy atom. The van der Waals surface area contributed by atoms with E-state index in [0.717, 1.165) is 0 Å². The Kier molecular flexibility index (Phi) is 6.26. The van der Waals surface area contributed by atoms with Crippen LogP contribution in [0.4, 0.5) is 13.2 Å². The zero-order valence-electron chi connectivity index (χ0n) is 10.7. The fourth-order valence-electron chi connectivity index (χ4n) is 1.79. The van der Waals surface area contributed by atoms with Crippen LogP contribution in [0.1, 0.15) is 12.0 Å². The van der Waals surface area contributed by atoms with Gasteiger partial charge in [-0.2, -0.15) is 13.2 Å². The van der Waals surface area contributed by atoms with E-state index in [1.54, 1.807) is 24.3 Å². The Morgan fingerprint density at radius 1 is 1.05 bits per heavy atom. The van der Waals surface area contributed by atoms with Gasteiger partial charge in [-0.15, -0.1) is 0 Å². The summed E-state index contributed by atoms with van der Waals surface area (Å²) in [6, 6.07) is 6.43. The van der Waals surface area contributed by atoms with Gasteiger partial charge in [-0.1, -0.05) is 23.7 Å². The van der Waals surface area contributed by atoms with Crippen LogP contribution in [-0.2, 0) is 10.2 Å². The molecule has 0 fully saturated rings. The summed E-state index contributed by atoms with van der Waals surface area (Å²) in [6.07, 6.45) is -4.32. The summed E-state index contributed by atoms with van der Waals surface area (Å²) in [4.78, 5) is 0. The number of rotatable bonds is 7. The Hall–Kier alpha value is -0.820. The molecule has 0 aliphatic heterocycles. The van der Waals surface area contributed by atoms with Crippen LogP contribution in [0.3, 0.4) is 0 Å². The van der Waals surface area contributed by atoms with Crippen molar-refractivity contribution in [2.75, 3.05) is 26.4 Å². The molecule has 0 bridgehead atoms. The Balaban J connectivity index is 2.69. The number of aliphatic hydroxyl groups is 2. The molecular weight excluding hydrogens is 297 g/mol. The minimum absolute atomic E-state index is 0.0672. The highest BCUT2D eigenvalue weighted by Gasteiger charge is 2.32. The monoisotopic (exact) mass is 312 g/mol. The van der Waals surface area contributed by atoms with Crippen molar-refractivity contribution in [2.45, 2.75) is 18.0 Å². The van der Waals surface area contributed by atoms with Crippen LogP contribution in [0.15, 0.2) is 24.3 Å².